The first kappa shape index (κ1) is 17.7. The van der Waals surface area contributed by atoms with E-state index in [2.05, 4.69) is 4.98 Å². The van der Waals surface area contributed by atoms with Gasteiger partial charge < -0.3 is 19.7 Å². The van der Waals surface area contributed by atoms with Crippen molar-refractivity contribution in [1.29, 1.82) is 0 Å². The molecule has 0 saturated carbocycles. The van der Waals surface area contributed by atoms with Crippen LogP contribution >= 0.6 is 0 Å². The van der Waals surface area contributed by atoms with Gasteiger partial charge >= 0.3 is 0 Å². The molecule has 0 fully saturated rings. The number of aliphatic hydroxyl groups is 2. The molecule has 1 aromatic rings. The van der Waals surface area contributed by atoms with E-state index in [0.717, 1.165) is 38.5 Å². The van der Waals surface area contributed by atoms with Gasteiger partial charge in [0.1, 0.15) is 0 Å². The first-order valence-corrected chi connectivity index (χ1v) is 8.34. The van der Waals surface area contributed by atoms with Crippen LogP contribution in [-0.2, 0) is 7.05 Å². The molecule has 0 spiro atoms. The maximum Gasteiger partial charge on any atom is 0.277 e. The van der Waals surface area contributed by atoms with E-state index in [1.54, 1.807) is 29.9 Å². The van der Waals surface area contributed by atoms with E-state index >= 15 is 0 Å². The number of anilines is 1. The Morgan fingerprint density at radius 2 is 1.87 bits per heavy atom. The van der Waals surface area contributed by atoms with Gasteiger partial charge in [0.05, 0.1) is 12.4 Å². The molecule has 2 N–H and O–H groups in total. The van der Waals surface area contributed by atoms with Crippen molar-refractivity contribution in [1.82, 2.24) is 14.5 Å². The summed E-state index contributed by atoms with van der Waals surface area (Å²) >= 11 is 0. The van der Waals surface area contributed by atoms with E-state index in [1.807, 2.05) is 6.92 Å². The Morgan fingerprint density at radius 1 is 1.22 bits per heavy atom. The van der Waals surface area contributed by atoms with E-state index < -0.39 is 6.35 Å². The highest BCUT2D eigenvalue weighted by Gasteiger charge is 2.37. The summed E-state index contributed by atoms with van der Waals surface area (Å²) in [6, 6.07) is 0. The number of carbonyl (C=O) groups is 1. The number of amides is 1. The average Bonchev–Trinajstić information content (AvgIpc) is 2.89. The molecular formula is C16H28N4O3. The van der Waals surface area contributed by atoms with Crippen LogP contribution < -0.4 is 4.90 Å². The fourth-order valence-electron chi connectivity index (χ4n) is 2.95. The highest BCUT2D eigenvalue weighted by Crippen LogP contribution is 2.27. The summed E-state index contributed by atoms with van der Waals surface area (Å²) in [5.74, 6) is 0.360. The van der Waals surface area contributed by atoms with E-state index in [1.165, 1.54) is 4.90 Å². The zero-order valence-corrected chi connectivity index (χ0v) is 14.3. The van der Waals surface area contributed by atoms with Crippen LogP contribution in [0.2, 0.25) is 0 Å². The number of rotatable bonds is 8. The van der Waals surface area contributed by atoms with Crippen LogP contribution in [0.15, 0.2) is 6.33 Å². The lowest BCUT2D eigenvalue weighted by atomic mass is 10.1. The minimum absolute atomic E-state index is 0.167. The third-order valence-electron chi connectivity index (χ3n) is 4.36. The predicted molar refractivity (Wildman–Crippen MR) is 88.0 cm³/mol. The van der Waals surface area contributed by atoms with E-state index in [4.69, 9.17) is 0 Å². The molecule has 7 heteroatoms. The first-order valence-electron chi connectivity index (χ1n) is 8.34. The normalized spacial score (nSPS) is 19.2. The summed E-state index contributed by atoms with van der Waals surface area (Å²) in [7, 11) is 3.53. The Hall–Kier alpha value is -1.60. The van der Waals surface area contributed by atoms with Crippen molar-refractivity contribution in [3.8, 4) is 0 Å². The van der Waals surface area contributed by atoms with Crippen LogP contribution in [-0.4, -0.2) is 56.6 Å². The standard InChI is InChI=1S/C16H28N4O3/c1-12(21)9-7-5-4-6-8-10-20-15(22)13-14(17-11-18(13)2)19(3)16(20)23/h11-12,16,21,23H,4-10H2,1-3H3. The number of aromatic nitrogens is 2. The van der Waals surface area contributed by atoms with Crippen LogP contribution in [0.25, 0.3) is 0 Å². The largest absolute Gasteiger partial charge is 0.393 e. The molecule has 1 amide bonds. The van der Waals surface area contributed by atoms with Crippen molar-refractivity contribution >= 4 is 11.7 Å². The highest BCUT2D eigenvalue weighted by atomic mass is 16.3. The predicted octanol–water partition coefficient (Wildman–Crippen LogP) is 1.31. The summed E-state index contributed by atoms with van der Waals surface area (Å²) < 4.78 is 1.70. The van der Waals surface area contributed by atoms with Gasteiger partial charge in [-0.3, -0.25) is 9.69 Å². The van der Waals surface area contributed by atoms with E-state index in [-0.39, 0.29) is 12.0 Å². The van der Waals surface area contributed by atoms with Crippen molar-refractivity contribution in [2.24, 2.45) is 7.05 Å². The Morgan fingerprint density at radius 3 is 2.57 bits per heavy atom. The van der Waals surface area contributed by atoms with Crippen LogP contribution in [0, 0.1) is 0 Å². The monoisotopic (exact) mass is 324 g/mol. The smallest absolute Gasteiger partial charge is 0.277 e. The van der Waals surface area contributed by atoms with Crippen LogP contribution in [0.4, 0.5) is 5.82 Å². The zero-order valence-electron chi connectivity index (χ0n) is 14.3. The van der Waals surface area contributed by atoms with Gasteiger partial charge in [-0.05, 0) is 19.8 Å². The molecule has 2 atom stereocenters. The number of aryl methyl sites for hydroxylation is 1. The second kappa shape index (κ2) is 7.79. The van der Waals surface area contributed by atoms with Crippen LogP contribution in [0.5, 0.6) is 0 Å². The molecule has 2 heterocycles. The molecule has 2 rings (SSSR count). The van der Waals surface area contributed by atoms with E-state index in [0.29, 0.717) is 18.1 Å². The van der Waals surface area contributed by atoms with Gasteiger partial charge in [0.15, 0.2) is 11.5 Å². The lowest BCUT2D eigenvalue weighted by molar-refractivity contribution is 0.00247. The summed E-state index contributed by atoms with van der Waals surface area (Å²) in [5, 5.41) is 19.5. The minimum atomic E-state index is -0.958. The van der Waals surface area contributed by atoms with Crippen molar-refractivity contribution in [2.45, 2.75) is 57.9 Å². The third kappa shape index (κ3) is 4.03. The van der Waals surface area contributed by atoms with Gasteiger partial charge in [-0.15, -0.1) is 0 Å². The number of aliphatic hydroxyl groups excluding tert-OH is 2. The molecular weight excluding hydrogens is 296 g/mol. The highest BCUT2D eigenvalue weighted by molar-refractivity contribution is 5.99. The number of fused-ring (bicyclic) bond motifs is 1. The summed E-state index contributed by atoms with van der Waals surface area (Å²) in [4.78, 5) is 19.8. The molecule has 1 aliphatic heterocycles. The number of carbonyl (C=O) groups excluding carboxylic acids is 1. The molecule has 1 aliphatic rings. The lowest BCUT2D eigenvalue weighted by Gasteiger charge is -2.38. The Balaban J connectivity index is 1.81. The van der Waals surface area contributed by atoms with Crippen LogP contribution in [0.3, 0.4) is 0 Å². The number of imidazole rings is 1. The molecule has 0 bridgehead atoms. The second-order valence-electron chi connectivity index (χ2n) is 6.39. The van der Waals surface area contributed by atoms with Gasteiger partial charge in [-0.1, -0.05) is 25.7 Å². The molecule has 2 unspecified atom stereocenters. The number of hydrogen-bond donors (Lipinski definition) is 2. The van der Waals surface area contributed by atoms with Crippen molar-refractivity contribution in [2.75, 3.05) is 18.5 Å². The lowest BCUT2D eigenvalue weighted by Crippen LogP contribution is -2.54. The molecule has 130 valence electrons. The average molecular weight is 324 g/mol. The van der Waals surface area contributed by atoms with Crippen molar-refractivity contribution in [3.63, 3.8) is 0 Å². The van der Waals surface area contributed by atoms with Crippen molar-refractivity contribution in [3.05, 3.63) is 12.0 Å². The Bertz CT molecular complexity index is 529. The van der Waals surface area contributed by atoms with E-state index in [9.17, 15) is 15.0 Å². The summed E-state index contributed by atoms with van der Waals surface area (Å²) in [5.41, 5.74) is 0.523. The topological polar surface area (TPSA) is 81.8 Å². The molecule has 0 aliphatic carbocycles. The fraction of sp³-hybridized carbons (Fsp3) is 0.750. The van der Waals surface area contributed by atoms with Gasteiger partial charge in [-0.2, -0.15) is 0 Å². The maximum absolute atomic E-state index is 12.5. The second-order valence-corrected chi connectivity index (χ2v) is 6.39. The number of hydrogen-bond acceptors (Lipinski definition) is 5. The van der Waals surface area contributed by atoms with Crippen LogP contribution in [0.1, 0.15) is 55.9 Å². The first-order chi connectivity index (χ1) is 10.9. The number of unbranched alkanes of at least 4 members (excludes halogenated alkanes) is 4. The molecule has 23 heavy (non-hydrogen) atoms. The molecule has 7 nitrogen and oxygen atoms in total. The summed E-state index contributed by atoms with van der Waals surface area (Å²) in [6.45, 7) is 2.35. The number of nitrogens with zero attached hydrogens (tertiary/aromatic N) is 4. The molecule has 0 aromatic carbocycles. The Kier molecular flexibility index (Phi) is 6.01. The minimum Gasteiger partial charge on any atom is -0.393 e. The fourth-order valence-corrected chi connectivity index (χ4v) is 2.95. The van der Waals surface area contributed by atoms with Gasteiger partial charge in [0.25, 0.3) is 5.91 Å². The van der Waals surface area contributed by atoms with Crippen molar-refractivity contribution < 1.29 is 15.0 Å². The van der Waals surface area contributed by atoms with Gasteiger partial charge in [0.2, 0.25) is 6.35 Å². The van der Waals surface area contributed by atoms with Gasteiger partial charge in [-0.25, -0.2) is 4.98 Å². The molecule has 1 aromatic heterocycles. The SMILES string of the molecule is CC(O)CCCCCCCN1C(=O)c2c(ncn2C)N(C)C1O. The Labute approximate surface area is 137 Å². The third-order valence-corrected chi connectivity index (χ3v) is 4.36. The quantitative estimate of drug-likeness (QED) is 0.705. The van der Waals surface area contributed by atoms with Gasteiger partial charge in [0, 0.05) is 20.6 Å². The molecule has 0 radical (unpaired) electrons. The maximum atomic E-state index is 12.5. The summed E-state index contributed by atoms with van der Waals surface area (Å²) in [6.07, 6.45) is 6.33. The molecule has 0 saturated heterocycles. The zero-order chi connectivity index (χ0) is 17.0.